The number of nitrogens with one attached hydrogen (secondary N) is 1. The second kappa shape index (κ2) is 7.08. The average Bonchev–Trinajstić information content (AvgIpc) is 2.94. The van der Waals surface area contributed by atoms with Crippen LogP contribution in [0.1, 0.15) is 27.0 Å². The third-order valence-electron chi connectivity index (χ3n) is 3.43. The molecule has 0 bridgehead atoms. The summed E-state index contributed by atoms with van der Waals surface area (Å²) in [5, 5.41) is 3.71. The fourth-order valence-corrected chi connectivity index (χ4v) is 3.43. The maximum Gasteiger partial charge on any atom is 0.339 e. The van der Waals surface area contributed by atoms with Crippen molar-refractivity contribution < 1.29 is 14.3 Å². The minimum Gasteiger partial charge on any atom is -0.462 e. The second-order valence-corrected chi connectivity index (χ2v) is 6.48. The number of nitrogens with two attached hydrogens (primary N) is 1. The van der Waals surface area contributed by atoms with Gasteiger partial charge in [-0.15, -0.1) is 11.3 Å². The van der Waals surface area contributed by atoms with Crippen LogP contribution in [0.4, 0.5) is 11.4 Å². The van der Waals surface area contributed by atoms with E-state index >= 15 is 0 Å². The summed E-state index contributed by atoms with van der Waals surface area (Å²) in [6.07, 6.45) is 1.64. The van der Waals surface area contributed by atoms with Gasteiger partial charge in [-0.3, -0.25) is 4.79 Å². The zero-order valence-electron chi connectivity index (χ0n) is 13.2. The fraction of sp³-hybridized carbons (Fsp3) is 0.118. The Morgan fingerprint density at radius 1 is 1.36 bits per heavy atom. The van der Waals surface area contributed by atoms with Gasteiger partial charge < -0.3 is 15.8 Å². The minimum absolute atomic E-state index is 0.187. The molecule has 0 radical (unpaired) electrons. The van der Waals surface area contributed by atoms with E-state index in [1.54, 1.807) is 25.3 Å². The number of carbonyl (C=O) groups is 2. The Bertz CT molecular complexity index is 971. The van der Waals surface area contributed by atoms with Crippen molar-refractivity contribution in [3.8, 4) is 0 Å². The van der Waals surface area contributed by atoms with Crippen LogP contribution in [0.2, 0.25) is 5.02 Å². The van der Waals surface area contributed by atoms with Crippen LogP contribution in [0.15, 0.2) is 36.5 Å². The summed E-state index contributed by atoms with van der Waals surface area (Å²) in [4.78, 5) is 29.7. The first-order chi connectivity index (χ1) is 12.0. The number of anilines is 2. The van der Waals surface area contributed by atoms with Crippen molar-refractivity contribution in [2.75, 3.05) is 17.7 Å². The number of esters is 1. The Balaban J connectivity index is 1.88. The third kappa shape index (κ3) is 3.42. The first-order valence-corrected chi connectivity index (χ1v) is 8.61. The van der Waals surface area contributed by atoms with Gasteiger partial charge in [0.2, 0.25) is 0 Å². The number of thiophene rings is 1. The summed E-state index contributed by atoms with van der Waals surface area (Å²) in [5.41, 5.74) is 7.04. The minimum atomic E-state index is -0.547. The van der Waals surface area contributed by atoms with E-state index in [-0.39, 0.29) is 23.1 Å². The Labute approximate surface area is 152 Å². The topological polar surface area (TPSA) is 94.3 Å². The molecule has 0 aliphatic rings. The van der Waals surface area contributed by atoms with Crippen molar-refractivity contribution in [3.05, 3.63) is 52.0 Å². The van der Waals surface area contributed by atoms with Crippen LogP contribution in [-0.4, -0.2) is 23.5 Å². The molecule has 3 rings (SSSR count). The standard InChI is InChI=1S/C17H14ClN3O3S/c1-2-24-17(23)11-8-9(5-6-12(11)18)21-15(22)14-13(19)10-4-3-7-20-16(10)25-14/h3-8H,2,19H2,1H3,(H,21,22). The van der Waals surface area contributed by atoms with Gasteiger partial charge in [0.15, 0.2) is 0 Å². The summed E-state index contributed by atoms with van der Waals surface area (Å²) >= 11 is 7.23. The molecule has 1 amide bonds. The maximum atomic E-state index is 12.5. The number of hydrogen-bond donors (Lipinski definition) is 2. The van der Waals surface area contributed by atoms with Gasteiger partial charge in [0.25, 0.3) is 5.91 Å². The zero-order valence-corrected chi connectivity index (χ0v) is 14.8. The Hall–Kier alpha value is -2.64. The predicted molar refractivity (Wildman–Crippen MR) is 99.4 cm³/mol. The van der Waals surface area contributed by atoms with Gasteiger partial charge in [-0.2, -0.15) is 0 Å². The van der Waals surface area contributed by atoms with Gasteiger partial charge >= 0.3 is 5.97 Å². The predicted octanol–water partition coefficient (Wildman–Crippen LogP) is 3.96. The molecule has 6 nitrogen and oxygen atoms in total. The first-order valence-electron chi connectivity index (χ1n) is 7.42. The number of benzene rings is 1. The molecule has 0 unspecified atom stereocenters. The highest BCUT2D eigenvalue weighted by Crippen LogP contribution is 2.32. The number of rotatable bonds is 4. The van der Waals surface area contributed by atoms with Crippen molar-refractivity contribution in [3.63, 3.8) is 0 Å². The quantitative estimate of drug-likeness (QED) is 0.673. The molecule has 0 saturated carbocycles. The monoisotopic (exact) mass is 375 g/mol. The van der Waals surface area contributed by atoms with Crippen LogP contribution in [0.5, 0.6) is 0 Å². The molecule has 0 atom stereocenters. The van der Waals surface area contributed by atoms with Crippen LogP contribution in [0.25, 0.3) is 10.2 Å². The number of nitrogen functional groups attached to an aromatic ring is 1. The number of fused-ring (bicyclic) bond motifs is 1. The third-order valence-corrected chi connectivity index (χ3v) is 4.89. The fourth-order valence-electron chi connectivity index (χ4n) is 2.28. The second-order valence-electron chi connectivity index (χ2n) is 5.07. The summed E-state index contributed by atoms with van der Waals surface area (Å²) in [7, 11) is 0. The highest BCUT2D eigenvalue weighted by atomic mass is 35.5. The number of ether oxygens (including phenoxy) is 1. The molecule has 8 heteroatoms. The van der Waals surface area contributed by atoms with Crippen molar-refractivity contribution >= 4 is 56.4 Å². The lowest BCUT2D eigenvalue weighted by atomic mass is 10.2. The van der Waals surface area contributed by atoms with E-state index in [9.17, 15) is 9.59 Å². The smallest absolute Gasteiger partial charge is 0.339 e. The van der Waals surface area contributed by atoms with E-state index in [2.05, 4.69) is 10.3 Å². The van der Waals surface area contributed by atoms with Crippen LogP contribution in [0.3, 0.4) is 0 Å². The number of nitrogens with zero attached hydrogens (tertiary/aromatic N) is 1. The van der Waals surface area contributed by atoms with Crippen molar-refractivity contribution in [1.82, 2.24) is 4.98 Å². The molecule has 128 valence electrons. The maximum absolute atomic E-state index is 12.5. The van der Waals surface area contributed by atoms with Gasteiger partial charge in [0.1, 0.15) is 9.71 Å². The van der Waals surface area contributed by atoms with Gasteiger partial charge in [-0.1, -0.05) is 11.6 Å². The number of amides is 1. The molecule has 0 aliphatic carbocycles. The van der Waals surface area contributed by atoms with E-state index in [1.165, 1.54) is 23.5 Å². The van der Waals surface area contributed by atoms with Crippen LogP contribution >= 0.6 is 22.9 Å². The highest BCUT2D eigenvalue weighted by Gasteiger charge is 2.18. The lowest BCUT2D eigenvalue weighted by molar-refractivity contribution is 0.0526. The highest BCUT2D eigenvalue weighted by molar-refractivity contribution is 7.21. The number of carbonyl (C=O) groups excluding carboxylic acids is 2. The van der Waals surface area contributed by atoms with Crippen molar-refractivity contribution in [2.45, 2.75) is 6.92 Å². The number of hydrogen-bond acceptors (Lipinski definition) is 6. The number of aromatic nitrogens is 1. The SMILES string of the molecule is CCOC(=O)c1cc(NC(=O)c2sc3ncccc3c2N)ccc1Cl. The molecule has 2 aromatic heterocycles. The van der Waals surface area contributed by atoms with Gasteiger partial charge in [0.05, 0.1) is 22.9 Å². The van der Waals surface area contributed by atoms with Crippen molar-refractivity contribution in [1.29, 1.82) is 0 Å². The molecule has 3 N–H and O–H groups in total. The van der Waals surface area contributed by atoms with Gasteiger partial charge in [-0.05, 0) is 37.3 Å². The van der Waals surface area contributed by atoms with E-state index < -0.39 is 5.97 Å². The van der Waals surface area contributed by atoms with Crippen LogP contribution in [0, 0.1) is 0 Å². The molecular formula is C17H14ClN3O3S. The molecule has 25 heavy (non-hydrogen) atoms. The van der Waals surface area contributed by atoms with Crippen LogP contribution < -0.4 is 11.1 Å². The lowest BCUT2D eigenvalue weighted by Gasteiger charge is -2.08. The zero-order chi connectivity index (χ0) is 18.0. The number of halogens is 1. The summed E-state index contributed by atoms with van der Waals surface area (Å²) < 4.78 is 4.95. The molecule has 1 aromatic carbocycles. The molecule has 0 spiro atoms. The van der Waals surface area contributed by atoms with Crippen LogP contribution in [-0.2, 0) is 4.74 Å². The lowest BCUT2D eigenvalue weighted by Crippen LogP contribution is -2.13. The summed E-state index contributed by atoms with van der Waals surface area (Å²) in [6.45, 7) is 1.94. The Morgan fingerprint density at radius 2 is 2.16 bits per heavy atom. The normalized spacial score (nSPS) is 10.6. The van der Waals surface area contributed by atoms with E-state index in [4.69, 9.17) is 22.1 Å². The Morgan fingerprint density at radius 3 is 2.88 bits per heavy atom. The first kappa shape index (κ1) is 17.2. The van der Waals surface area contributed by atoms with E-state index in [0.29, 0.717) is 21.1 Å². The summed E-state index contributed by atoms with van der Waals surface area (Å²) in [6, 6.07) is 8.17. The largest absolute Gasteiger partial charge is 0.462 e. The molecule has 0 saturated heterocycles. The van der Waals surface area contributed by atoms with Gasteiger partial charge in [0, 0.05) is 17.3 Å². The van der Waals surface area contributed by atoms with Gasteiger partial charge in [-0.25, -0.2) is 9.78 Å². The number of pyridine rings is 1. The Kier molecular flexibility index (Phi) is 4.87. The summed E-state index contributed by atoms with van der Waals surface area (Å²) in [5.74, 6) is -0.924. The molecular weight excluding hydrogens is 362 g/mol. The molecule has 0 fully saturated rings. The molecule has 3 aromatic rings. The molecule has 2 heterocycles. The van der Waals surface area contributed by atoms with Crippen molar-refractivity contribution in [2.24, 2.45) is 0 Å². The van der Waals surface area contributed by atoms with E-state index in [0.717, 1.165) is 5.39 Å². The van der Waals surface area contributed by atoms with E-state index in [1.807, 2.05) is 6.07 Å². The average molecular weight is 376 g/mol. The molecule has 0 aliphatic heterocycles.